The van der Waals surface area contributed by atoms with E-state index in [4.69, 9.17) is 15.2 Å². The lowest BCUT2D eigenvalue weighted by atomic mass is 10.2. The molecule has 0 aliphatic carbocycles. The van der Waals surface area contributed by atoms with Crippen LogP contribution in [0.1, 0.15) is 12.6 Å². The van der Waals surface area contributed by atoms with Crippen molar-refractivity contribution < 1.29 is 22.6 Å². The fourth-order valence-electron chi connectivity index (χ4n) is 3.13. The van der Waals surface area contributed by atoms with Crippen LogP contribution in [0, 0.1) is 0 Å². The van der Waals surface area contributed by atoms with Crippen LogP contribution in [0.2, 0.25) is 0 Å². The molecule has 0 amide bonds. The second-order valence-corrected chi connectivity index (χ2v) is 7.03. The lowest BCUT2D eigenvalue weighted by molar-refractivity contribution is -0.189. The number of nitrogen functional groups attached to an aromatic ring is 1. The van der Waals surface area contributed by atoms with Gasteiger partial charge in [-0.15, -0.1) is 0 Å². The first-order valence-corrected chi connectivity index (χ1v) is 9.43. The highest BCUT2D eigenvalue weighted by Crippen LogP contribution is 2.28. The number of rotatable bonds is 5. The van der Waals surface area contributed by atoms with Crippen LogP contribution in [0.4, 0.5) is 19.0 Å². The van der Waals surface area contributed by atoms with Gasteiger partial charge in [-0.05, 0) is 19.1 Å². The number of halogens is 3. The minimum atomic E-state index is -4.53. The maximum Gasteiger partial charge on any atom is 0.425 e. The minimum absolute atomic E-state index is 0.202. The Morgan fingerprint density at radius 3 is 2.70 bits per heavy atom. The number of fused-ring (bicyclic) bond motifs is 1. The fraction of sp³-hybridized carbons (Fsp3) is 0.421. The SMILES string of the molecule is CC(Oc1nc(-c2ccc3ncc(CN4CCOCC4)n3c2)cnc1N)C(F)(F)F. The first-order chi connectivity index (χ1) is 14.3. The zero-order chi connectivity index (χ0) is 21.3. The summed E-state index contributed by atoms with van der Waals surface area (Å²) >= 11 is 0. The van der Waals surface area contributed by atoms with Crippen LogP contribution in [-0.2, 0) is 11.3 Å². The Hall–Kier alpha value is -2.92. The molecule has 1 atom stereocenters. The molecule has 160 valence electrons. The molecule has 4 rings (SSSR count). The molecule has 0 aromatic carbocycles. The Morgan fingerprint density at radius 1 is 1.20 bits per heavy atom. The number of ether oxygens (including phenoxy) is 2. The number of imidazole rings is 1. The quantitative estimate of drug-likeness (QED) is 0.676. The molecule has 8 nitrogen and oxygen atoms in total. The van der Waals surface area contributed by atoms with Gasteiger partial charge < -0.3 is 19.6 Å². The number of pyridine rings is 1. The largest absolute Gasteiger partial charge is 0.462 e. The molecule has 0 bridgehead atoms. The van der Waals surface area contributed by atoms with Crippen LogP contribution < -0.4 is 10.5 Å². The van der Waals surface area contributed by atoms with E-state index < -0.39 is 12.3 Å². The molecule has 2 N–H and O–H groups in total. The van der Waals surface area contributed by atoms with E-state index in [0.717, 1.165) is 31.4 Å². The van der Waals surface area contributed by atoms with Gasteiger partial charge in [-0.25, -0.2) is 15.0 Å². The minimum Gasteiger partial charge on any atom is -0.462 e. The maximum absolute atomic E-state index is 12.8. The molecule has 1 saturated heterocycles. The predicted molar refractivity (Wildman–Crippen MR) is 103 cm³/mol. The molecular formula is C19H21F3N6O2. The molecule has 0 radical (unpaired) electrons. The van der Waals surface area contributed by atoms with E-state index in [1.54, 1.807) is 6.07 Å². The van der Waals surface area contributed by atoms with Gasteiger partial charge in [-0.3, -0.25) is 4.90 Å². The third-order valence-corrected chi connectivity index (χ3v) is 4.88. The van der Waals surface area contributed by atoms with Crippen molar-refractivity contribution >= 4 is 11.5 Å². The van der Waals surface area contributed by atoms with Gasteiger partial charge in [0.15, 0.2) is 11.9 Å². The van der Waals surface area contributed by atoms with Crippen LogP contribution in [0.5, 0.6) is 5.88 Å². The fourth-order valence-corrected chi connectivity index (χ4v) is 3.13. The summed E-state index contributed by atoms with van der Waals surface area (Å²) in [5, 5.41) is 0. The van der Waals surface area contributed by atoms with Crippen molar-refractivity contribution in [2.45, 2.75) is 25.7 Å². The van der Waals surface area contributed by atoms with Crippen LogP contribution in [-0.4, -0.2) is 62.8 Å². The standard InChI is InChI=1S/C19H21F3N6O2/c1-12(19(20,21)22)30-18-17(23)25-9-15(26-18)13-2-3-16-24-8-14(28(16)10-13)11-27-4-6-29-7-5-27/h2-3,8-10,12H,4-7,11H2,1H3,(H2,23,25). The smallest absolute Gasteiger partial charge is 0.425 e. The summed E-state index contributed by atoms with van der Waals surface area (Å²) in [7, 11) is 0. The maximum atomic E-state index is 12.8. The molecular weight excluding hydrogens is 401 g/mol. The van der Waals surface area contributed by atoms with Crippen molar-refractivity contribution in [3.8, 4) is 17.1 Å². The lowest BCUT2D eigenvalue weighted by Gasteiger charge is -2.26. The number of anilines is 1. The highest BCUT2D eigenvalue weighted by atomic mass is 19.4. The van der Waals surface area contributed by atoms with Crippen LogP contribution >= 0.6 is 0 Å². The molecule has 30 heavy (non-hydrogen) atoms. The van der Waals surface area contributed by atoms with Crippen molar-refractivity contribution in [3.63, 3.8) is 0 Å². The topological polar surface area (TPSA) is 90.8 Å². The third-order valence-electron chi connectivity index (χ3n) is 4.88. The summed E-state index contributed by atoms with van der Waals surface area (Å²) in [6, 6.07) is 3.59. The summed E-state index contributed by atoms with van der Waals surface area (Å²) in [6.07, 6.45) is -1.55. The highest BCUT2D eigenvalue weighted by Gasteiger charge is 2.38. The summed E-state index contributed by atoms with van der Waals surface area (Å²) in [5.41, 5.74) is 8.41. The Morgan fingerprint density at radius 2 is 1.97 bits per heavy atom. The molecule has 1 aliphatic heterocycles. The highest BCUT2D eigenvalue weighted by molar-refractivity contribution is 5.62. The van der Waals surface area contributed by atoms with Crippen LogP contribution in [0.15, 0.2) is 30.7 Å². The second kappa shape index (κ2) is 8.07. The molecule has 3 aromatic heterocycles. The van der Waals surface area contributed by atoms with E-state index in [2.05, 4.69) is 19.9 Å². The summed E-state index contributed by atoms with van der Waals surface area (Å²) in [6.45, 7) is 4.68. The zero-order valence-corrected chi connectivity index (χ0v) is 16.3. The van der Waals surface area contributed by atoms with Crippen molar-refractivity contribution in [1.29, 1.82) is 0 Å². The number of aromatic nitrogens is 4. The summed E-state index contributed by atoms with van der Waals surface area (Å²) in [5.74, 6) is -0.553. The Balaban J connectivity index is 1.62. The van der Waals surface area contributed by atoms with Crippen LogP contribution in [0.3, 0.4) is 0 Å². The first-order valence-electron chi connectivity index (χ1n) is 9.43. The molecule has 1 fully saturated rings. The third kappa shape index (κ3) is 4.31. The van der Waals surface area contributed by atoms with Gasteiger partial charge in [0.05, 0.1) is 37.0 Å². The van der Waals surface area contributed by atoms with Crippen molar-refractivity contribution in [2.24, 2.45) is 0 Å². The number of nitrogens with two attached hydrogens (primary N) is 1. The second-order valence-electron chi connectivity index (χ2n) is 7.03. The number of hydrogen-bond acceptors (Lipinski definition) is 7. The number of nitrogens with zero attached hydrogens (tertiary/aromatic N) is 5. The number of hydrogen-bond donors (Lipinski definition) is 1. The van der Waals surface area contributed by atoms with E-state index in [1.807, 2.05) is 22.9 Å². The molecule has 11 heteroatoms. The van der Waals surface area contributed by atoms with Crippen molar-refractivity contribution in [3.05, 3.63) is 36.4 Å². The Labute approximate surface area is 170 Å². The number of morpholine rings is 1. The van der Waals surface area contributed by atoms with Gasteiger partial charge in [-0.2, -0.15) is 13.2 Å². The molecule has 1 unspecified atom stereocenters. The van der Waals surface area contributed by atoms with Gasteiger partial charge in [0, 0.05) is 31.4 Å². The average molecular weight is 422 g/mol. The molecule has 3 aromatic rings. The molecule has 4 heterocycles. The lowest BCUT2D eigenvalue weighted by Crippen LogP contribution is -2.35. The van der Waals surface area contributed by atoms with Crippen molar-refractivity contribution in [2.75, 3.05) is 32.0 Å². The van der Waals surface area contributed by atoms with E-state index in [-0.39, 0.29) is 11.7 Å². The molecule has 0 saturated carbocycles. The Kier molecular flexibility index (Phi) is 5.48. The normalized spacial score (nSPS) is 16.7. The average Bonchev–Trinajstić information content (AvgIpc) is 3.11. The Bertz CT molecular complexity index is 1030. The predicted octanol–water partition coefficient (Wildman–Crippen LogP) is 2.54. The summed E-state index contributed by atoms with van der Waals surface area (Å²) in [4.78, 5) is 14.8. The van der Waals surface area contributed by atoms with Gasteiger partial charge in [0.25, 0.3) is 5.88 Å². The van der Waals surface area contributed by atoms with E-state index in [1.165, 1.54) is 6.20 Å². The summed E-state index contributed by atoms with van der Waals surface area (Å²) < 4.78 is 50.7. The van der Waals surface area contributed by atoms with E-state index >= 15 is 0 Å². The van der Waals surface area contributed by atoms with Crippen molar-refractivity contribution in [1.82, 2.24) is 24.3 Å². The van der Waals surface area contributed by atoms with Gasteiger partial charge >= 0.3 is 6.18 Å². The van der Waals surface area contributed by atoms with Gasteiger partial charge in [0.1, 0.15) is 5.65 Å². The molecule has 0 spiro atoms. The van der Waals surface area contributed by atoms with Gasteiger partial charge in [-0.1, -0.05) is 0 Å². The number of alkyl halides is 3. The zero-order valence-electron chi connectivity index (χ0n) is 16.3. The van der Waals surface area contributed by atoms with Gasteiger partial charge in [0.2, 0.25) is 0 Å². The first kappa shape index (κ1) is 20.4. The van der Waals surface area contributed by atoms with E-state index in [0.29, 0.717) is 31.0 Å². The molecule has 1 aliphatic rings. The van der Waals surface area contributed by atoms with E-state index in [9.17, 15) is 13.2 Å². The van der Waals surface area contributed by atoms with Crippen LogP contribution in [0.25, 0.3) is 16.9 Å². The monoisotopic (exact) mass is 422 g/mol.